The lowest BCUT2D eigenvalue weighted by atomic mass is 9.83. The molecule has 3 heterocycles. The van der Waals surface area contributed by atoms with Gasteiger partial charge in [0.25, 0.3) is 0 Å². The van der Waals surface area contributed by atoms with E-state index in [0.29, 0.717) is 11.8 Å². The minimum Gasteiger partial charge on any atom is -0.342 e. The summed E-state index contributed by atoms with van der Waals surface area (Å²) in [5.74, 6) is 0.790. The van der Waals surface area contributed by atoms with Gasteiger partial charge >= 0.3 is 0 Å². The Kier molecular flexibility index (Phi) is 5.00. The number of nitrogens with zero attached hydrogens (tertiary/aromatic N) is 5. The van der Waals surface area contributed by atoms with Crippen molar-refractivity contribution in [3.8, 4) is 0 Å². The summed E-state index contributed by atoms with van der Waals surface area (Å²) in [5.41, 5.74) is 2.85. The zero-order valence-electron chi connectivity index (χ0n) is 16.7. The number of carbonyl (C=O) groups excluding carboxylic acids is 1. The molecule has 2 aromatic heterocycles. The number of hydrogen-bond acceptors (Lipinski definition) is 4. The summed E-state index contributed by atoms with van der Waals surface area (Å²) in [4.78, 5) is 20.1. The molecule has 0 unspecified atom stereocenters. The van der Waals surface area contributed by atoms with Crippen LogP contribution in [-0.4, -0.2) is 43.9 Å². The number of pyridine rings is 1. The van der Waals surface area contributed by atoms with Crippen molar-refractivity contribution in [3.63, 3.8) is 0 Å². The van der Waals surface area contributed by atoms with E-state index in [-0.39, 0.29) is 12.0 Å². The SMILES string of the molecule is O=C([C@@H](c1ccccc1)C1CCCC1)N1CCC(n2nnc3cccnc32)CC1. The first-order valence-corrected chi connectivity index (χ1v) is 10.8. The number of carbonyl (C=O) groups is 1. The van der Waals surface area contributed by atoms with Gasteiger partial charge in [0.05, 0.1) is 12.0 Å². The molecule has 1 aliphatic carbocycles. The second kappa shape index (κ2) is 7.93. The number of piperidine rings is 1. The molecule has 6 nitrogen and oxygen atoms in total. The van der Waals surface area contributed by atoms with Crippen molar-refractivity contribution < 1.29 is 4.79 Å². The fraction of sp³-hybridized carbons (Fsp3) is 0.478. The first-order valence-electron chi connectivity index (χ1n) is 10.8. The number of aromatic nitrogens is 4. The molecular formula is C23H27N5O. The van der Waals surface area contributed by atoms with E-state index in [2.05, 4.69) is 44.5 Å². The molecule has 1 aliphatic heterocycles. The highest BCUT2D eigenvalue weighted by atomic mass is 16.2. The third-order valence-electron chi connectivity index (χ3n) is 6.65. The smallest absolute Gasteiger partial charge is 0.230 e. The van der Waals surface area contributed by atoms with Crippen molar-refractivity contribution in [2.45, 2.75) is 50.5 Å². The van der Waals surface area contributed by atoms with Crippen molar-refractivity contribution in [1.82, 2.24) is 24.9 Å². The third-order valence-corrected chi connectivity index (χ3v) is 6.65. The quantitative estimate of drug-likeness (QED) is 0.677. The molecule has 1 atom stereocenters. The minimum absolute atomic E-state index is 0.00381. The zero-order chi connectivity index (χ0) is 19.6. The van der Waals surface area contributed by atoms with Crippen LogP contribution in [0.25, 0.3) is 11.2 Å². The number of fused-ring (bicyclic) bond motifs is 1. The van der Waals surface area contributed by atoms with Gasteiger partial charge in [-0.25, -0.2) is 9.67 Å². The van der Waals surface area contributed by atoms with E-state index in [9.17, 15) is 4.79 Å². The van der Waals surface area contributed by atoms with E-state index in [1.165, 1.54) is 31.2 Å². The van der Waals surface area contributed by atoms with E-state index < -0.39 is 0 Å². The predicted octanol–water partition coefficient (Wildman–Crippen LogP) is 3.96. The van der Waals surface area contributed by atoms with Gasteiger partial charge in [-0.05, 0) is 49.3 Å². The Morgan fingerprint density at radius 3 is 2.48 bits per heavy atom. The standard InChI is InChI=1S/C23H27N5O/c29-23(21(18-9-4-5-10-18)17-7-2-1-3-8-17)27-15-12-19(13-16-27)28-22-20(25-26-28)11-6-14-24-22/h1-3,6-8,11,14,18-19,21H,4-5,9-10,12-13,15-16H2/t21-/m0/s1. The molecule has 1 aromatic carbocycles. The van der Waals surface area contributed by atoms with Crippen LogP contribution in [0.1, 0.15) is 56.0 Å². The highest BCUT2D eigenvalue weighted by Crippen LogP contribution is 2.39. The Balaban J connectivity index is 1.32. The molecule has 2 fully saturated rings. The lowest BCUT2D eigenvalue weighted by Gasteiger charge is -2.36. The summed E-state index contributed by atoms with van der Waals surface area (Å²) in [5, 5.41) is 8.57. The van der Waals surface area contributed by atoms with Crippen molar-refractivity contribution in [1.29, 1.82) is 0 Å². The van der Waals surface area contributed by atoms with Gasteiger partial charge in [-0.15, -0.1) is 5.10 Å². The van der Waals surface area contributed by atoms with Gasteiger partial charge in [0, 0.05) is 19.3 Å². The molecule has 1 amide bonds. The van der Waals surface area contributed by atoms with Gasteiger partial charge in [0.15, 0.2) is 5.65 Å². The molecule has 5 rings (SSSR count). The van der Waals surface area contributed by atoms with Crippen molar-refractivity contribution in [2.75, 3.05) is 13.1 Å². The molecule has 0 N–H and O–H groups in total. The van der Waals surface area contributed by atoms with Crippen molar-refractivity contribution in [2.24, 2.45) is 5.92 Å². The maximum atomic E-state index is 13.6. The van der Waals surface area contributed by atoms with E-state index in [1.54, 1.807) is 6.20 Å². The normalized spacial score (nSPS) is 19.7. The lowest BCUT2D eigenvalue weighted by molar-refractivity contribution is -0.135. The molecule has 1 saturated carbocycles. The van der Waals surface area contributed by atoms with Crippen LogP contribution in [0.5, 0.6) is 0 Å². The Labute approximate surface area is 170 Å². The lowest BCUT2D eigenvalue weighted by Crippen LogP contribution is -2.43. The third kappa shape index (κ3) is 3.52. The minimum atomic E-state index is 0.00381. The molecule has 0 spiro atoms. The maximum Gasteiger partial charge on any atom is 0.230 e. The largest absolute Gasteiger partial charge is 0.342 e. The van der Waals surface area contributed by atoms with E-state index in [0.717, 1.165) is 37.1 Å². The van der Waals surface area contributed by atoms with E-state index in [4.69, 9.17) is 0 Å². The monoisotopic (exact) mass is 389 g/mol. The van der Waals surface area contributed by atoms with Crippen molar-refractivity contribution in [3.05, 3.63) is 54.2 Å². The Hall–Kier alpha value is -2.76. The average molecular weight is 390 g/mol. The van der Waals surface area contributed by atoms with Crippen LogP contribution >= 0.6 is 0 Å². The van der Waals surface area contributed by atoms with Gasteiger partial charge < -0.3 is 4.90 Å². The maximum absolute atomic E-state index is 13.6. The van der Waals surface area contributed by atoms with Crippen LogP contribution < -0.4 is 0 Å². The van der Waals surface area contributed by atoms with E-state index in [1.807, 2.05) is 22.9 Å². The number of amides is 1. The molecule has 0 radical (unpaired) electrons. The van der Waals surface area contributed by atoms with Gasteiger partial charge in [-0.3, -0.25) is 4.79 Å². The second-order valence-corrected chi connectivity index (χ2v) is 8.37. The first kappa shape index (κ1) is 18.3. The van der Waals surface area contributed by atoms with Gasteiger partial charge in [0.1, 0.15) is 5.52 Å². The summed E-state index contributed by atoms with van der Waals surface area (Å²) < 4.78 is 1.95. The molecule has 1 saturated heterocycles. The summed E-state index contributed by atoms with van der Waals surface area (Å²) in [7, 11) is 0. The predicted molar refractivity (Wildman–Crippen MR) is 111 cm³/mol. The average Bonchev–Trinajstić information content (AvgIpc) is 3.45. The molecular weight excluding hydrogens is 362 g/mol. The first-order chi connectivity index (χ1) is 14.3. The van der Waals surface area contributed by atoms with Crippen LogP contribution in [-0.2, 0) is 4.79 Å². The number of rotatable bonds is 4. The Bertz CT molecular complexity index is 971. The molecule has 29 heavy (non-hydrogen) atoms. The van der Waals surface area contributed by atoms with Crippen molar-refractivity contribution >= 4 is 17.1 Å². The summed E-state index contributed by atoms with van der Waals surface area (Å²) in [6.07, 6.45) is 8.40. The molecule has 2 aliphatic rings. The molecule has 150 valence electrons. The number of benzene rings is 1. The molecule has 0 bridgehead atoms. The Morgan fingerprint density at radius 1 is 0.966 bits per heavy atom. The highest BCUT2D eigenvalue weighted by molar-refractivity contribution is 5.84. The number of likely N-dealkylation sites (tertiary alicyclic amines) is 1. The summed E-state index contributed by atoms with van der Waals surface area (Å²) >= 11 is 0. The molecule has 3 aromatic rings. The second-order valence-electron chi connectivity index (χ2n) is 8.37. The van der Waals surface area contributed by atoms with Gasteiger partial charge in [-0.1, -0.05) is 48.4 Å². The van der Waals surface area contributed by atoms with Crippen LogP contribution in [0.4, 0.5) is 0 Å². The van der Waals surface area contributed by atoms with Crippen LogP contribution in [0, 0.1) is 5.92 Å². The van der Waals surface area contributed by atoms with Crippen LogP contribution in [0.2, 0.25) is 0 Å². The summed E-state index contributed by atoms with van der Waals surface area (Å²) in [6, 6.07) is 14.5. The van der Waals surface area contributed by atoms with E-state index >= 15 is 0 Å². The topological polar surface area (TPSA) is 63.9 Å². The number of hydrogen-bond donors (Lipinski definition) is 0. The van der Waals surface area contributed by atoms with Gasteiger partial charge in [-0.2, -0.15) is 0 Å². The van der Waals surface area contributed by atoms with Gasteiger partial charge in [0.2, 0.25) is 5.91 Å². The highest BCUT2D eigenvalue weighted by Gasteiger charge is 2.36. The molecule has 6 heteroatoms. The van der Waals surface area contributed by atoms with Crippen LogP contribution in [0.15, 0.2) is 48.7 Å². The zero-order valence-corrected chi connectivity index (χ0v) is 16.7. The summed E-state index contributed by atoms with van der Waals surface area (Å²) in [6.45, 7) is 1.54. The fourth-order valence-electron chi connectivity index (χ4n) is 5.12. The Morgan fingerprint density at radius 2 is 1.72 bits per heavy atom. The fourth-order valence-corrected chi connectivity index (χ4v) is 5.12. The van der Waals surface area contributed by atoms with Crippen LogP contribution in [0.3, 0.4) is 0 Å².